The smallest absolute Gasteiger partial charge is 0.412 e. The summed E-state index contributed by atoms with van der Waals surface area (Å²) in [5.41, 5.74) is 4.18. The Balaban J connectivity index is 0.00000272. The third-order valence-electron chi connectivity index (χ3n) is 5.30. The number of hydrogen-bond donors (Lipinski definition) is 1. The molecule has 0 aliphatic heterocycles. The first kappa shape index (κ1) is 20.3. The summed E-state index contributed by atoms with van der Waals surface area (Å²) in [5, 5.41) is 11.7. The van der Waals surface area contributed by atoms with Gasteiger partial charge in [-0.15, -0.1) is 10.2 Å². The molecule has 0 saturated heterocycles. The van der Waals surface area contributed by atoms with Crippen molar-refractivity contribution >= 4 is 17.4 Å². The van der Waals surface area contributed by atoms with Crippen LogP contribution in [-0.2, 0) is 0 Å². The summed E-state index contributed by atoms with van der Waals surface area (Å²) < 4.78 is 11.0. The summed E-state index contributed by atoms with van der Waals surface area (Å²) in [6, 6.07) is 7.28. The third-order valence-corrected chi connectivity index (χ3v) is 6.04. The molecule has 158 valence electrons. The number of aromatic nitrogens is 3. The maximum atomic E-state index is 12.3. The molecule has 0 unspecified atom stereocenters. The highest BCUT2D eigenvalue weighted by molar-refractivity contribution is 7.12. The van der Waals surface area contributed by atoms with Gasteiger partial charge in [0.05, 0.1) is 7.11 Å². The number of nitrogens with zero attached hydrogens (tertiary/aromatic N) is 3. The van der Waals surface area contributed by atoms with Gasteiger partial charge in [0.15, 0.2) is 0 Å². The number of amides is 1. The number of methoxy groups -OCH3 is 1. The van der Waals surface area contributed by atoms with E-state index in [-0.39, 0.29) is 1.43 Å². The van der Waals surface area contributed by atoms with Crippen molar-refractivity contribution in [1.29, 1.82) is 0 Å². The summed E-state index contributed by atoms with van der Waals surface area (Å²) in [6.07, 6.45) is 9.18. The Hall–Kier alpha value is -3.00. The van der Waals surface area contributed by atoms with Crippen molar-refractivity contribution in [3.8, 4) is 33.2 Å². The standard InChI is InChI=1S/C22H24N4O3S.H2/c1-28-20-8-7-18(29-22(27)24-11-15-5-3-2-4-6-15)10-19(20)16-9-17(13-23-12-16)21-26-25-14-30-21;/h7-10,12-15H,2-6,11H2,1H3,(H,24,27);1H. The Kier molecular flexibility index (Phi) is 6.53. The van der Waals surface area contributed by atoms with E-state index in [0.29, 0.717) is 24.0 Å². The second-order valence-electron chi connectivity index (χ2n) is 7.34. The summed E-state index contributed by atoms with van der Waals surface area (Å²) in [5.74, 6) is 1.67. The fourth-order valence-corrected chi connectivity index (χ4v) is 4.28. The van der Waals surface area contributed by atoms with Crippen LogP contribution in [0.1, 0.15) is 33.5 Å². The van der Waals surface area contributed by atoms with Gasteiger partial charge in [0, 0.05) is 37.1 Å². The van der Waals surface area contributed by atoms with Gasteiger partial charge < -0.3 is 14.8 Å². The van der Waals surface area contributed by atoms with E-state index in [2.05, 4.69) is 20.5 Å². The van der Waals surface area contributed by atoms with Gasteiger partial charge in [-0.2, -0.15) is 0 Å². The molecular weight excluding hydrogens is 400 g/mol. The highest BCUT2D eigenvalue weighted by Crippen LogP contribution is 2.35. The van der Waals surface area contributed by atoms with Crippen LogP contribution in [-0.4, -0.2) is 34.9 Å². The van der Waals surface area contributed by atoms with Crippen LogP contribution in [0.2, 0.25) is 0 Å². The molecule has 2 aromatic heterocycles. The molecule has 1 amide bonds. The van der Waals surface area contributed by atoms with Gasteiger partial charge in [0.2, 0.25) is 0 Å². The highest BCUT2D eigenvalue weighted by atomic mass is 32.1. The Morgan fingerprint density at radius 1 is 1.20 bits per heavy atom. The maximum absolute atomic E-state index is 12.3. The molecular formula is C22H26N4O3S. The predicted molar refractivity (Wildman–Crippen MR) is 118 cm³/mol. The topological polar surface area (TPSA) is 86.2 Å². The van der Waals surface area contributed by atoms with E-state index in [1.807, 2.05) is 6.07 Å². The number of nitrogens with one attached hydrogen (secondary N) is 1. The van der Waals surface area contributed by atoms with Crippen molar-refractivity contribution in [3.63, 3.8) is 0 Å². The minimum atomic E-state index is -0.433. The average Bonchev–Trinajstić information content (AvgIpc) is 3.34. The lowest BCUT2D eigenvalue weighted by molar-refractivity contribution is 0.196. The Bertz CT molecular complexity index is 994. The van der Waals surface area contributed by atoms with Crippen LogP contribution in [0.25, 0.3) is 21.7 Å². The molecule has 1 saturated carbocycles. The van der Waals surface area contributed by atoms with E-state index >= 15 is 0 Å². The summed E-state index contributed by atoms with van der Waals surface area (Å²) in [6.45, 7) is 0.662. The lowest BCUT2D eigenvalue weighted by Gasteiger charge is -2.21. The lowest BCUT2D eigenvalue weighted by atomic mass is 9.89. The Labute approximate surface area is 181 Å². The summed E-state index contributed by atoms with van der Waals surface area (Å²) in [7, 11) is 1.61. The molecule has 0 spiro atoms. The average molecular weight is 427 g/mol. The van der Waals surface area contributed by atoms with Crippen molar-refractivity contribution in [1.82, 2.24) is 20.5 Å². The SMILES string of the molecule is COc1ccc(OC(=O)NCC2CCCCC2)cc1-c1cncc(-c2nncs2)c1.[HH]. The zero-order valence-corrected chi connectivity index (χ0v) is 17.7. The molecule has 0 radical (unpaired) electrons. The summed E-state index contributed by atoms with van der Waals surface area (Å²) >= 11 is 1.45. The van der Waals surface area contributed by atoms with Gasteiger partial charge in [0.1, 0.15) is 22.0 Å². The number of rotatable bonds is 6. The van der Waals surface area contributed by atoms with Crippen LogP contribution in [0, 0.1) is 5.92 Å². The van der Waals surface area contributed by atoms with Crippen LogP contribution in [0.5, 0.6) is 11.5 Å². The zero-order chi connectivity index (χ0) is 20.8. The largest absolute Gasteiger partial charge is 0.496 e. The molecule has 7 nitrogen and oxygen atoms in total. The van der Waals surface area contributed by atoms with Gasteiger partial charge in [-0.3, -0.25) is 4.98 Å². The summed E-state index contributed by atoms with van der Waals surface area (Å²) in [4.78, 5) is 16.6. The molecule has 0 bridgehead atoms. The first-order valence-electron chi connectivity index (χ1n) is 10.1. The molecule has 2 heterocycles. The molecule has 1 N–H and O–H groups in total. The maximum Gasteiger partial charge on any atom is 0.412 e. The van der Waals surface area contributed by atoms with E-state index in [9.17, 15) is 4.79 Å². The number of hydrogen-bond acceptors (Lipinski definition) is 7. The number of benzene rings is 1. The van der Waals surface area contributed by atoms with E-state index < -0.39 is 6.09 Å². The van der Waals surface area contributed by atoms with Crippen LogP contribution >= 0.6 is 11.3 Å². The second kappa shape index (κ2) is 9.67. The van der Waals surface area contributed by atoms with Crippen molar-refractivity contribution < 1.29 is 15.7 Å². The van der Waals surface area contributed by atoms with E-state index in [4.69, 9.17) is 9.47 Å². The normalized spacial score (nSPS) is 14.3. The van der Waals surface area contributed by atoms with Crippen LogP contribution in [0.4, 0.5) is 4.79 Å². The molecule has 30 heavy (non-hydrogen) atoms. The van der Waals surface area contributed by atoms with Gasteiger partial charge in [-0.05, 0) is 43.0 Å². The van der Waals surface area contributed by atoms with Crippen LogP contribution < -0.4 is 14.8 Å². The number of ether oxygens (including phenoxy) is 2. The third kappa shape index (κ3) is 4.94. The molecule has 4 rings (SSSR count). The van der Waals surface area contributed by atoms with Gasteiger partial charge in [0.25, 0.3) is 0 Å². The van der Waals surface area contributed by atoms with Crippen molar-refractivity contribution in [2.45, 2.75) is 32.1 Å². The first-order chi connectivity index (χ1) is 14.7. The number of carbonyl (C=O) groups excluding carboxylic acids is 1. The first-order valence-corrected chi connectivity index (χ1v) is 11.0. The quantitative estimate of drug-likeness (QED) is 0.584. The van der Waals surface area contributed by atoms with Gasteiger partial charge in [-0.1, -0.05) is 30.6 Å². The minimum absolute atomic E-state index is 0. The Morgan fingerprint density at radius 3 is 2.80 bits per heavy atom. The zero-order valence-electron chi connectivity index (χ0n) is 16.8. The fraction of sp³-hybridized carbons (Fsp3) is 0.364. The molecule has 1 aromatic carbocycles. The van der Waals surface area contributed by atoms with Crippen molar-refractivity contribution in [2.75, 3.05) is 13.7 Å². The van der Waals surface area contributed by atoms with E-state index in [1.54, 1.807) is 43.2 Å². The molecule has 1 aliphatic carbocycles. The molecule has 0 atom stereocenters. The van der Waals surface area contributed by atoms with Crippen LogP contribution in [0.3, 0.4) is 0 Å². The van der Waals surface area contributed by atoms with E-state index in [0.717, 1.165) is 21.7 Å². The number of pyridine rings is 1. The molecule has 1 aliphatic rings. The fourth-order valence-electron chi connectivity index (χ4n) is 3.74. The molecule has 8 heteroatoms. The lowest BCUT2D eigenvalue weighted by Crippen LogP contribution is -2.32. The van der Waals surface area contributed by atoms with Crippen molar-refractivity contribution in [3.05, 3.63) is 42.2 Å². The monoisotopic (exact) mass is 426 g/mol. The van der Waals surface area contributed by atoms with E-state index in [1.165, 1.54) is 43.4 Å². The van der Waals surface area contributed by atoms with Crippen LogP contribution in [0.15, 0.2) is 42.2 Å². The second-order valence-corrected chi connectivity index (χ2v) is 8.18. The molecule has 1 fully saturated rings. The van der Waals surface area contributed by atoms with Gasteiger partial charge >= 0.3 is 6.09 Å². The number of carbonyl (C=O) groups is 1. The molecule has 3 aromatic rings. The van der Waals surface area contributed by atoms with Gasteiger partial charge in [-0.25, -0.2) is 4.79 Å². The highest BCUT2D eigenvalue weighted by Gasteiger charge is 2.16. The minimum Gasteiger partial charge on any atom is -0.496 e. The Morgan fingerprint density at radius 2 is 2.03 bits per heavy atom. The predicted octanol–water partition coefficient (Wildman–Crippen LogP) is 5.19. The van der Waals surface area contributed by atoms with Crippen molar-refractivity contribution in [2.24, 2.45) is 5.92 Å².